The Labute approximate surface area is 148 Å². The van der Waals surface area contributed by atoms with Gasteiger partial charge in [0.2, 0.25) is 5.90 Å². The van der Waals surface area contributed by atoms with Crippen LogP contribution in [-0.4, -0.2) is 17.0 Å². The molecule has 0 saturated heterocycles. The van der Waals surface area contributed by atoms with Crippen molar-refractivity contribution in [2.45, 2.75) is 6.92 Å². The molecule has 0 bridgehead atoms. The third kappa shape index (κ3) is 2.93. The Bertz CT molecular complexity index is 1030. The Morgan fingerprint density at radius 1 is 1.04 bits per heavy atom. The molecule has 0 spiro atoms. The van der Waals surface area contributed by atoms with Gasteiger partial charge in [0, 0.05) is 5.56 Å². The first kappa shape index (κ1) is 16.0. The number of carbonyl (C=O) groups excluding carboxylic acids is 1. The average Bonchev–Trinajstić information content (AvgIpc) is 3.20. The summed E-state index contributed by atoms with van der Waals surface area (Å²) in [5.74, 6) is -0.290. The number of cyclic esters (lactones) is 1. The van der Waals surface area contributed by atoms with Crippen molar-refractivity contribution in [3.8, 4) is 11.3 Å². The number of halogens is 1. The predicted molar refractivity (Wildman–Crippen MR) is 93.7 cm³/mol. The Balaban J connectivity index is 1.75. The third-order valence-corrected chi connectivity index (χ3v) is 3.92. The lowest BCUT2D eigenvalue weighted by molar-refractivity contribution is -0.129. The van der Waals surface area contributed by atoms with Crippen molar-refractivity contribution in [2.75, 3.05) is 0 Å². The van der Waals surface area contributed by atoms with E-state index >= 15 is 0 Å². The minimum atomic E-state index is -0.580. The number of rotatable bonds is 3. The van der Waals surface area contributed by atoms with Gasteiger partial charge in [-0.2, -0.15) is 0 Å². The zero-order valence-corrected chi connectivity index (χ0v) is 13.8. The van der Waals surface area contributed by atoms with E-state index in [9.17, 15) is 9.18 Å². The first-order chi connectivity index (χ1) is 12.6. The lowest BCUT2D eigenvalue weighted by Crippen LogP contribution is -2.07. The van der Waals surface area contributed by atoms with Crippen molar-refractivity contribution in [3.63, 3.8) is 0 Å². The number of hydrogen-bond donors (Lipinski definition) is 0. The molecule has 0 radical (unpaired) electrons. The van der Waals surface area contributed by atoms with Crippen LogP contribution >= 0.6 is 0 Å². The maximum absolute atomic E-state index is 13.0. The van der Waals surface area contributed by atoms with E-state index in [-0.39, 0.29) is 17.4 Å². The topological polar surface area (TPSA) is 64.7 Å². The summed E-state index contributed by atoms with van der Waals surface area (Å²) in [6, 6.07) is 15.2. The normalized spacial score (nSPS) is 15.2. The number of hydrogen-bond acceptors (Lipinski definition) is 5. The van der Waals surface area contributed by atoms with Gasteiger partial charge in [0.25, 0.3) is 0 Å². The lowest BCUT2D eigenvalue weighted by Gasteiger charge is -2.01. The summed E-state index contributed by atoms with van der Waals surface area (Å²) in [6.07, 6.45) is 1.54. The molecule has 1 aromatic heterocycles. The molecule has 6 heteroatoms. The molecule has 3 aromatic rings. The summed E-state index contributed by atoms with van der Waals surface area (Å²) in [7, 11) is 0. The molecule has 2 heterocycles. The number of benzene rings is 2. The van der Waals surface area contributed by atoms with E-state index in [1.165, 1.54) is 12.1 Å². The molecule has 4 rings (SSSR count). The molecule has 2 aromatic carbocycles. The van der Waals surface area contributed by atoms with Gasteiger partial charge in [0.15, 0.2) is 5.70 Å². The minimum Gasteiger partial charge on any atom is -0.402 e. The molecule has 26 heavy (non-hydrogen) atoms. The van der Waals surface area contributed by atoms with Crippen LogP contribution in [0.25, 0.3) is 17.3 Å². The van der Waals surface area contributed by atoms with Gasteiger partial charge in [-0.25, -0.2) is 14.2 Å². The summed E-state index contributed by atoms with van der Waals surface area (Å²) in [5, 5.41) is 4.07. The molecule has 0 atom stereocenters. The van der Waals surface area contributed by atoms with E-state index in [0.717, 1.165) is 5.56 Å². The van der Waals surface area contributed by atoms with Crippen LogP contribution in [0.15, 0.2) is 69.8 Å². The standard InChI is InChI=1S/C20H13FN2O3/c1-12-17(18(23-26-12)14-5-3-2-4-6-14)19-22-16(20(24)25-19)11-13-7-9-15(21)10-8-13/h2-11H,1H3/b16-11-. The summed E-state index contributed by atoms with van der Waals surface area (Å²) in [4.78, 5) is 16.5. The van der Waals surface area contributed by atoms with Gasteiger partial charge >= 0.3 is 5.97 Å². The summed E-state index contributed by atoms with van der Waals surface area (Å²) < 4.78 is 23.6. The fourth-order valence-corrected chi connectivity index (χ4v) is 2.65. The van der Waals surface area contributed by atoms with Gasteiger partial charge in [-0.05, 0) is 30.7 Å². The predicted octanol–water partition coefficient (Wildman–Crippen LogP) is 4.13. The van der Waals surface area contributed by atoms with Gasteiger partial charge < -0.3 is 9.26 Å². The molecule has 5 nitrogen and oxygen atoms in total. The monoisotopic (exact) mass is 348 g/mol. The van der Waals surface area contributed by atoms with Gasteiger partial charge in [-0.15, -0.1) is 0 Å². The smallest absolute Gasteiger partial charge is 0.363 e. The van der Waals surface area contributed by atoms with Crippen LogP contribution in [0.2, 0.25) is 0 Å². The Morgan fingerprint density at radius 2 is 1.77 bits per heavy atom. The zero-order chi connectivity index (χ0) is 18.1. The number of esters is 1. The first-order valence-electron chi connectivity index (χ1n) is 7.92. The van der Waals surface area contributed by atoms with Crippen LogP contribution in [0.5, 0.6) is 0 Å². The Hall–Kier alpha value is -3.54. The van der Waals surface area contributed by atoms with E-state index in [0.29, 0.717) is 22.6 Å². The molecule has 0 fully saturated rings. The second-order valence-corrected chi connectivity index (χ2v) is 5.72. The quantitative estimate of drug-likeness (QED) is 0.527. The van der Waals surface area contributed by atoms with Crippen LogP contribution < -0.4 is 0 Å². The molecular weight excluding hydrogens is 335 g/mol. The fraction of sp³-hybridized carbons (Fsp3) is 0.0500. The van der Waals surface area contributed by atoms with E-state index in [1.54, 1.807) is 25.1 Å². The Morgan fingerprint density at radius 3 is 2.50 bits per heavy atom. The molecule has 0 N–H and O–H groups in total. The highest BCUT2D eigenvalue weighted by Crippen LogP contribution is 2.29. The van der Waals surface area contributed by atoms with Crippen molar-refractivity contribution in [1.82, 2.24) is 5.16 Å². The Kier molecular flexibility index (Phi) is 3.93. The molecule has 0 amide bonds. The van der Waals surface area contributed by atoms with Gasteiger partial charge in [0.1, 0.15) is 22.8 Å². The second-order valence-electron chi connectivity index (χ2n) is 5.72. The van der Waals surface area contributed by atoms with E-state index in [2.05, 4.69) is 10.1 Å². The molecule has 0 aliphatic carbocycles. The summed E-state index contributed by atoms with van der Waals surface area (Å²) >= 11 is 0. The zero-order valence-electron chi connectivity index (χ0n) is 13.8. The lowest BCUT2D eigenvalue weighted by atomic mass is 10.1. The maximum Gasteiger partial charge on any atom is 0.363 e. The van der Waals surface area contributed by atoms with Gasteiger partial charge in [-0.1, -0.05) is 47.6 Å². The highest BCUT2D eigenvalue weighted by Gasteiger charge is 2.30. The van der Waals surface area contributed by atoms with Crippen LogP contribution in [-0.2, 0) is 9.53 Å². The SMILES string of the molecule is Cc1onc(-c2ccccc2)c1C1=N/C(=C\c2ccc(F)cc2)C(=O)O1. The highest BCUT2D eigenvalue weighted by molar-refractivity contribution is 6.15. The largest absolute Gasteiger partial charge is 0.402 e. The number of aryl methyl sites for hydroxylation is 1. The van der Waals surface area contributed by atoms with Crippen LogP contribution in [0.4, 0.5) is 4.39 Å². The number of aromatic nitrogens is 1. The third-order valence-electron chi connectivity index (χ3n) is 3.92. The molecular formula is C20H13FN2O3. The number of carbonyl (C=O) groups is 1. The van der Waals surface area contributed by atoms with Crippen molar-refractivity contribution < 1.29 is 18.4 Å². The number of nitrogens with zero attached hydrogens (tertiary/aromatic N) is 2. The first-order valence-corrected chi connectivity index (χ1v) is 7.92. The summed E-state index contributed by atoms with van der Waals surface area (Å²) in [5.41, 5.74) is 2.69. The number of aliphatic imine (C=N–C) groups is 1. The van der Waals surface area contributed by atoms with Gasteiger partial charge in [0.05, 0.1) is 0 Å². The highest BCUT2D eigenvalue weighted by atomic mass is 19.1. The van der Waals surface area contributed by atoms with Crippen molar-refractivity contribution in [2.24, 2.45) is 4.99 Å². The minimum absolute atomic E-state index is 0.131. The molecule has 1 aliphatic heterocycles. The van der Waals surface area contributed by atoms with Gasteiger partial charge in [-0.3, -0.25) is 0 Å². The molecule has 1 aliphatic rings. The fourth-order valence-electron chi connectivity index (χ4n) is 2.65. The van der Waals surface area contributed by atoms with Crippen LogP contribution in [0.1, 0.15) is 16.9 Å². The number of ether oxygens (including phenoxy) is 1. The molecule has 128 valence electrons. The van der Waals surface area contributed by atoms with Crippen LogP contribution in [0, 0.1) is 12.7 Å². The van der Waals surface area contributed by atoms with Crippen molar-refractivity contribution >= 4 is 17.9 Å². The van der Waals surface area contributed by atoms with Crippen molar-refractivity contribution in [3.05, 3.63) is 83.0 Å². The van der Waals surface area contributed by atoms with E-state index in [4.69, 9.17) is 9.26 Å². The average molecular weight is 348 g/mol. The summed E-state index contributed by atoms with van der Waals surface area (Å²) in [6.45, 7) is 1.73. The molecule has 0 saturated carbocycles. The van der Waals surface area contributed by atoms with E-state index in [1.807, 2.05) is 30.3 Å². The van der Waals surface area contributed by atoms with Crippen LogP contribution in [0.3, 0.4) is 0 Å². The second kappa shape index (κ2) is 6.40. The molecule has 0 unspecified atom stereocenters. The van der Waals surface area contributed by atoms with E-state index < -0.39 is 5.97 Å². The maximum atomic E-state index is 13.0. The van der Waals surface area contributed by atoms with Crippen molar-refractivity contribution in [1.29, 1.82) is 0 Å².